The Morgan fingerprint density at radius 2 is 1.65 bits per heavy atom. The summed E-state index contributed by atoms with van der Waals surface area (Å²) in [6.45, 7) is 2.12. The van der Waals surface area contributed by atoms with E-state index in [-0.39, 0.29) is 0 Å². The number of hydrogen-bond donors (Lipinski definition) is 0. The van der Waals surface area contributed by atoms with Crippen LogP contribution in [-0.2, 0) is 6.42 Å². The zero-order valence-corrected chi connectivity index (χ0v) is 9.93. The zero-order valence-electron chi connectivity index (χ0n) is 9.93. The Morgan fingerprint density at radius 1 is 0.941 bits per heavy atom. The van der Waals surface area contributed by atoms with Crippen molar-refractivity contribution in [1.29, 1.82) is 0 Å². The van der Waals surface area contributed by atoms with Gasteiger partial charge in [0, 0.05) is 6.42 Å². The van der Waals surface area contributed by atoms with Crippen molar-refractivity contribution < 1.29 is 0 Å². The first-order valence-electron chi connectivity index (χ1n) is 6.01. The van der Waals surface area contributed by atoms with E-state index in [1.807, 2.05) is 6.07 Å². The smallest absolute Gasteiger partial charge is 0.0966 e. The normalized spacial score (nSPS) is 17.7. The van der Waals surface area contributed by atoms with Gasteiger partial charge in [-0.05, 0) is 18.1 Å². The Morgan fingerprint density at radius 3 is 2.35 bits per heavy atom. The lowest BCUT2D eigenvalue weighted by molar-refractivity contribution is 0.961. The number of benzene rings is 2. The molecular weight excluding hydrogens is 206 g/mol. The minimum atomic E-state index is 0.403. The van der Waals surface area contributed by atoms with Crippen LogP contribution in [0.3, 0.4) is 0 Å². The monoisotopic (exact) mass is 221 g/mol. The molecule has 1 atom stereocenters. The molecule has 0 bridgehead atoms. The lowest BCUT2D eigenvalue weighted by atomic mass is 10.0. The fourth-order valence-corrected chi connectivity index (χ4v) is 2.10. The Hall–Kier alpha value is -1.89. The maximum Gasteiger partial charge on any atom is 0.0966 e. The maximum absolute atomic E-state index is 4.56. The SMILES string of the molecule is Cc1ccc(CC2N=C2c2ccccc2)cc1. The summed E-state index contributed by atoms with van der Waals surface area (Å²) in [5.41, 5.74) is 5.21. The van der Waals surface area contributed by atoms with Crippen molar-refractivity contribution in [1.82, 2.24) is 0 Å². The summed E-state index contributed by atoms with van der Waals surface area (Å²) in [6.07, 6.45) is 1.03. The van der Waals surface area contributed by atoms with Gasteiger partial charge in [0.2, 0.25) is 0 Å². The van der Waals surface area contributed by atoms with Crippen LogP contribution in [-0.4, -0.2) is 11.8 Å². The van der Waals surface area contributed by atoms with Gasteiger partial charge in [-0.25, -0.2) is 0 Å². The van der Waals surface area contributed by atoms with E-state index in [0.717, 1.165) is 6.42 Å². The van der Waals surface area contributed by atoms with Gasteiger partial charge in [-0.3, -0.25) is 4.99 Å². The van der Waals surface area contributed by atoms with Crippen molar-refractivity contribution in [2.24, 2.45) is 4.99 Å². The van der Waals surface area contributed by atoms with Gasteiger partial charge < -0.3 is 0 Å². The van der Waals surface area contributed by atoms with Gasteiger partial charge >= 0.3 is 0 Å². The molecule has 1 aliphatic heterocycles. The summed E-state index contributed by atoms with van der Waals surface area (Å²) in [6, 6.07) is 19.6. The maximum atomic E-state index is 4.56. The average molecular weight is 221 g/mol. The van der Waals surface area contributed by atoms with Crippen LogP contribution < -0.4 is 0 Å². The van der Waals surface area contributed by atoms with Gasteiger partial charge in [-0.2, -0.15) is 0 Å². The van der Waals surface area contributed by atoms with Gasteiger partial charge in [0.25, 0.3) is 0 Å². The third-order valence-electron chi connectivity index (χ3n) is 3.16. The molecule has 0 spiro atoms. The van der Waals surface area contributed by atoms with E-state index < -0.39 is 0 Å². The molecule has 0 fully saturated rings. The molecule has 0 saturated heterocycles. The lowest BCUT2D eigenvalue weighted by Gasteiger charge is -2.00. The summed E-state index contributed by atoms with van der Waals surface area (Å²) < 4.78 is 0. The van der Waals surface area contributed by atoms with E-state index >= 15 is 0 Å². The molecule has 1 unspecified atom stereocenters. The molecular formula is C16H15N. The van der Waals surface area contributed by atoms with Crippen LogP contribution in [0.15, 0.2) is 59.6 Å². The van der Waals surface area contributed by atoms with Crippen LogP contribution in [0.2, 0.25) is 0 Å². The first-order valence-corrected chi connectivity index (χ1v) is 6.01. The molecule has 84 valence electrons. The number of aryl methyl sites for hydroxylation is 1. The molecule has 0 N–H and O–H groups in total. The molecule has 0 amide bonds. The van der Waals surface area contributed by atoms with Crippen LogP contribution in [0.25, 0.3) is 0 Å². The van der Waals surface area contributed by atoms with Gasteiger partial charge in [0.05, 0.1) is 11.8 Å². The number of rotatable bonds is 3. The highest BCUT2D eigenvalue weighted by Gasteiger charge is 2.28. The molecule has 3 rings (SSSR count). The predicted molar refractivity (Wildman–Crippen MR) is 71.7 cm³/mol. The van der Waals surface area contributed by atoms with Gasteiger partial charge in [0.1, 0.15) is 0 Å². The van der Waals surface area contributed by atoms with Crippen LogP contribution in [0, 0.1) is 6.92 Å². The first kappa shape index (κ1) is 10.3. The third-order valence-corrected chi connectivity index (χ3v) is 3.16. The minimum Gasteiger partial charge on any atom is -0.277 e. The standard InChI is InChI=1S/C16H15N/c1-12-7-9-13(10-8-12)11-15-16(17-15)14-5-3-2-4-6-14/h2-10,15H,11H2,1H3. The summed E-state index contributed by atoms with van der Waals surface area (Å²) in [7, 11) is 0. The molecule has 2 aromatic rings. The van der Waals surface area contributed by atoms with Gasteiger partial charge in [0.15, 0.2) is 0 Å². The number of aliphatic imine (C=N–C) groups is 1. The summed E-state index contributed by atoms with van der Waals surface area (Å²) >= 11 is 0. The molecule has 1 heterocycles. The molecule has 1 aliphatic rings. The summed E-state index contributed by atoms with van der Waals surface area (Å²) in [4.78, 5) is 4.56. The van der Waals surface area contributed by atoms with Crippen molar-refractivity contribution in [2.45, 2.75) is 19.4 Å². The van der Waals surface area contributed by atoms with Gasteiger partial charge in [-0.1, -0.05) is 60.2 Å². The molecule has 17 heavy (non-hydrogen) atoms. The Labute approximate surface area is 102 Å². The molecule has 1 nitrogen and oxygen atoms in total. The Balaban J connectivity index is 1.66. The van der Waals surface area contributed by atoms with Crippen LogP contribution in [0.1, 0.15) is 16.7 Å². The highest BCUT2D eigenvalue weighted by Crippen LogP contribution is 2.23. The largest absolute Gasteiger partial charge is 0.277 e. The second kappa shape index (κ2) is 4.17. The van der Waals surface area contributed by atoms with E-state index in [1.165, 1.54) is 22.4 Å². The molecule has 0 saturated carbocycles. The van der Waals surface area contributed by atoms with E-state index in [4.69, 9.17) is 0 Å². The third kappa shape index (κ3) is 2.28. The lowest BCUT2D eigenvalue weighted by Crippen LogP contribution is -2.03. The quantitative estimate of drug-likeness (QED) is 0.753. The highest BCUT2D eigenvalue weighted by atomic mass is 15.0. The number of nitrogens with zero attached hydrogens (tertiary/aromatic N) is 1. The Kier molecular flexibility index (Phi) is 2.52. The topological polar surface area (TPSA) is 12.4 Å². The average Bonchev–Trinajstić information content (AvgIpc) is 3.13. The highest BCUT2D eigenvalue weighted by molar-refractivity contribution is 6.13. The van der Waals surface area contributed by atoms with E-state index in [9.17, 15) is 0 Å². The van der Waals surface area contributed by atoms with E-state index in [2.05, 4.69) is 60.4 Å². The van der Waals surface area contributed by atoms with Gasteiger partial charge in [-0.15, -0.1) is 0 Å². The minimum absolute atomic E-state index is 0.403. The first-order chi connectivity index (χ1) is 8.33. The van der Waals surface area contributed by atoms with Crippen LogP contribution in [0.4, 0.5) is 0 Å². The molecule has 0 aliphatic carbocycles. The summed E-state index contributed by atoms with van der Waals surface area (Å²) in [5.74, 6) is 0. The second-order valence-electron chi connectivity index (χ2n) is 4.59. The molecule has 1 heteroatoms. The van der Waals surface area contributed by atoms with Crippen molar-refractivity contribution in [3.8, 4) is 0 Å². The molecule has 0 aromatic heterocycles. The molecule has 2 aromatic carbocycles. The second-order valence-corrected chi connectivity index (χ2v) is 4.59. The molecule has 0 radical (unpaired) electrons. The van der Waals surface area contributed by atoms with E-state index in [0.29, 0.717) is 6.04 Å². The Bertz CT molecular complexity index is 537. The fourth-order valence-electron chi connectivity index (χ4n) is 2.10. The van der Waals surface area contributed by atoms with E-state index in [1.54, 1.807) is 0 Å². The van der Waals surface area contributed by atoms with Crippen molar-refractivity contribution >= 4 is 5.71 Å². The van der Waals surface area contributed by atoms with Crippen molar-refractivity contribution in [3.63, 3.8) is 0 Å². The fraction of sp³-hybridized carbons (Fsp3) is 0.188. The van der Waals surface area contributed by atoms with Crippen molar-refractivity contribution in [2.75, 3.05) is 0 Å². The zero-order chi connectivity index (χ0) is 11.7. The number of hydrogen-bond acceptors (Lipinski definition) is 1. The van der Waals surface area contributed by atoms with Crippen molar-refractivity contribution in [3.05, 3.63) is 71.3 Å². The predicted octanol–water partition coefficient (Wildman–Crippen LogP) is 3.41. The summed E-state index contributed by atoms with van der Waals surface area (Å²) in [5, 5.41) is 0. The van der Waals surface area contributed by atoms with Crippen LogP contribution in [0.5, 0.6) is 0 Å². The van der Waals surface area contributed by atoms with Crippen LogP contribution >= 0.6 is 0 Å².